The molecule has 0 bridgehead atoms. The summed E-state index contributed by atoms with van der Waals surface area (Å²) in [5.74, 6) is 0.666. The molecule has 2 unspecified atom stereocenters. The van der Waals surface area contributed by atoms with Crippen molar-refractivity contribution in [1.82, 2.24) is 4.90 Å². The van der Waals surface area contributed by atoms with Crippen LogP contribution in [-0.2, 0) is 0 Å². The van der Waals surface area contributed by atoms with Gasteiger partial charge >= 0.3 is 0 Å². The number of hydrogen-bond donors (Lipinski definition) is 1. The highest BCUT2D eigenvalue weighted by Crippen LogP contribution is 2.33. The normalized spacial score (nSPS) is 20.9. The van der Waals surface area contributed by atoms with Crippen molar-refractivity contribution in [3.63, 3.8) is 0 Å². The van der Waals surface area contributed by atoms with Gasteiger partial charge in [-0.2, -0.15) is 0 Å². The Bertz CT molecular complexity index is 565. The molecule has 3 rings (SSSR count). The van der Waals surface area contributed by atoms with Gasteiger partial charge in [0, 0.05) is 18.3 Å². The summed E-state index contributed by atoms with van der Waals surface area (Å²) in [6.07, 6.45) is 1.25. The van der Waals surface area contributed by atoms with Crippen LogP contribution in [0.4, 0.5) is 5.69 Å². The van der Waals surface area contributed by atoms with Crippen LogP contribution in [-0.4, -0.2) is 18.0 Å². The first-order valence-corrected chi connectivity index (χ1v) is 7.38. The molecule has 1 heterocycles. The second kappa shape index (κ2) is 5.68. The third kappa shape index (κ3) is 2.70. The maximum atomic E-state index is 5.89. The molecular weight excluding hydrogens is 244 g/mol. The monoisotopic (exact) mass is 266 g/mol. The first kappa shape index (κ1) is 13.2. The molecule has 1 fully saturated rings. The Labute approximate surface area is 121 Å². The van der Waals surface area contributed by atoms with Crippen molar-refractivity contribution in [3.05, 3.63) is 65.7 Å². The molecule has 2 heteroatoms. The summed E-state index contributed by atoms with van der Waals surface area (Å²) in [7, 11) is 0. The second-order valence-corrected chi connectivity index (χ2v) is 5.74. The number of nitrogens with two attached hydrogens (primary N) is 1. The van der Waals surface area contributed by atoms with E-state index < -0.39 is 0 Å². The Hall–Kier alpha value is -1.80. The lowest BCUT2D eigenvalue weighted by atomic mass is 9.98. The Morgan fingerprint density at radius 1 is 1.10 bits per heavy atom. The molecule has 0 aromatic heterocycles. The van der Waals surface area contributed by atoms with Crippen LogP contribution in [0.3, 0.4) is 0 Å². The van der Waals surface area contributed by atoms with E-state index in [1.165, 1.54) is 17.5 Å². The van der Waals surface area contributed by atoms with E-state index in [1.807, 2.05) is 12.1 Å². The molecule has 104 valence electrons. The minimum atomic E-state index is 0.437. The van der Waals surface area contributed by atoms with Crippen LogP contribution in [0, 0.1) is 0 Å². The standard InChI is InChI=1S/C18H22N2/c1-14(16-8-5-9-18(19)12-16)20-11-10-17(13-20)15-6-3-2-4-7-15/h2-9,12,14,17H,10-11,13,19H2,1H3. The fourth-order valence-corrected chi connectivity index (χ4v) is 3.17. The maximum Gasteiger partial charge on any atom is 0.0320 e. The van der Waals surface area contributed by atoms with E-state index in [0.717, 1.165) is 18.8 Å². The summed E-state index contributed by atoms with van der Waals surface area (Å²) < 4.78 is 0. The van der Waals surface area contributed by atoms with Crippen molar-refractivity contribution in [2.45, 2.75) is 25.3 Å². The predicted octanol–water partition coefficient (Wildman–Crippen LogP) is 3.82. The molecule has 1 aliphatic rings. The van der Waals surface area contributed by atoms with E-state index in [-0.39, 0.29) is 0 Å². The third-order valence-corrected chi connectivity index (χ3v) is 4.43. The first-order valence-electron chi connectivity index (χ1n) is 7.38. The van der Waals surface area contributed by atoms with E-state index >= 15 is 0 Å². The summed E-state index contributed by atoms with van der Waals surface area (Å²) in [4.78, 5) is 2.56. The summed E-state index contributed by atoms with van der Waals surface area (Å²) in [5, 5.41) is 0. The molecule has 2 atom stereocenters. The van der Waals surface area contributed by atoms with Gasteiger partial charge in [-0.25, -0.2) is 0 Å². The van der Waals surface area contributed by atoms with E-state index in [4.69, 9.17) is 5.73 Å². The van der Waals surface area contributed by atoms with Gasteiger partial charge in [-0.3, -0.25) is 4.90 Å². The highest BCUT2D eigenvalue weighted by atomic mass is 15.2. The van der Waals surface area contributed by atoms with Crippen LogP contribution in [0.15, 0.2) is 54.6 Å². The van der Waals surface area contributed by atoms with Crippen molar-refractivity contribution in [2.24, 2.45) is 0 Å². The Kier molecular flexibility index (Phi) is 3.75. The molecule has 1 aliphatic heterocycles. The van der Waals surface area contributed by atoms with E-state index in [9.17, 15) is 0 Å². The van der Waals surface area contributed by atoms with Crippen LogP contribution in [0.25, 0.3) is 0 Å². The van der Waals surface area contributed by atoms with Crippen molar-refractivity contribution in [2.75, 3.05) is 18.8 Å². The third-order valence-electron chi connectivity index (χ3n) is 4.43. The predicted molar refractivity (Wildman–Crippen MR) is 84.6 cm³/mol. The fourth-order valence-electron chi connectivity index (χ4n) is 3.17. The SMILES string of the molecule is CC(c1cccc(N)c1)N1CCC(c2ccccc2)C1. The van der Waals surface area contributed by atoms with Crippen molar-refractivity contribution < 1.29 is 0 Å². The number of hydrogen-bond acceptors (Lipinski definition) is 2. The van der Waals surface area contributed by atoms with Gasteiger partial charge in [0.15, 0.2) is 0 Å². The molecule has 20 heavy (non-hydrogen) atoms. The maximum absolute atomic E-state index is 5.89. The molecule has 2 nitrogen and oxygen atoms in total. The molecule has 0 spiro atoms. The van der Waals surface area contributed by atoms with E-state index in [0.29, 0.717) is 12.0 Å². The van der Waals surface area contributed by atoms with Gasteiger partial charge in [0.2, 0.25) is 0 Å². The van der Waals surface area contributed by atoms with Gasteiger partial charge < -0.3 is 5.73 Å². The molecular formula is C18H22N2. The lowest BCUT2D eigenvalue weighted by molar-refractivity contribution is 0.260. The highest BCUT2D eigenvalue weighted by molar-refractivity contribution is 5.41. The van der Waals surface area contributed by atoms with Gasteiger partial charge in [-0.1, -0.05) is 42.5 Å². The number of nitrogens with zero attached hydrogens (tertiary/aromatic N) is 1. The molecule has 0 aliphatic carbocycles. The molecule has 0 saturated carbocycles. The number of nitrogen functional groups attached to an aromatic ring is 1. The van der Waals surface area contributed by atoms with E-state index in [2.05, 4.69) is 54.3 Å². The minimum absolute atomic E-state index is 0.437. The number of likely N-dealkylation sites (tertiary alicyclic amines) is 1. The molecule has 2 aromatic rings. The minimum Gasteiger partial charge on any atom is -0.399 e. The van der Waals surface area contributed by atoms with Crippen LogP contribution in [0.5, 0.6) is 0 Å². The Morgan fingerprint density at radius 3 is 2.65 bits per heavy atom. The largest absolute Gasteiger partial charge is 0.399 e. The molecule has 1 saturated heterocycles. The Morgan fingerprint density at radius 2 is 1.90 bits per heavy atom. The molecule has 2 N–H and O–H groups in total. The zero-order valence-corrected chi connectivity index (χ0v) is 12.0. The smallest absolute Gasteiger partial charge is 0.0320 e. The van der Waals surface area contributed by atoms with Crippen molar-refractivity contribution >= 4 is 5.69 Å². The lowest BCUT2D eigenvalue weighted by Gasteiger charge is -2.25. The van der Waals surface area contributed by atoms with Gasteiger partial charge in [0.05, 0.1) is 0 Å². The Balaban J connectivity index is 1.71. The first-order chi connectivity index (χ1) is 9.74. The molecule has 0 amide bonds. The highest BCUT2D eigenvalue weighted by Gasteiger charge is 2.27. The fraction of sp³-hybridized carbons (Fsp3) is 0.333. The average molecular weight is 266 g/mol. The average Bonchev–Trinajstić information content (AvgIpc) is 2.97. The number of rotatable bonds is 3. The van der Waals surface area contributed by atoms with Crippen molar-refractivity contribution in [1.29, 1.82) is 0 Å². The van der Waals surface area contributed by atoms with Gasteiger partial charge in [-0.15, -0.1) is 0 Å². The summed E-state index contributed by atoms with van der Waals surface area (Å²) >= 11 is 0. The number of benzene rings is 2. The van der Waals surface area contributed by atoms with E-state index in [1.54, 1.807) is 0 Å². The van der Waals surface area contributed by atoms with Crippen LogP contribution >= 0.6 is 0 Å². The topological polar surface area (TPSA) is 29.3 Å². The van der Waals surface area contributed by atoms with Gasteiger partial charge in [0.1, 0.15) is 0 Å². The zero-order chi connectivity index (χ0) is 13.9. The van der Waals surface area contributed by atoms with Crippen LogP contribution in [0.1, 0.15) is 36.4 Å². The summed E-state index contributed by atoms with van der Waals surface area (Å²) in [5.41, 5.74) is 9.54. The van der Waals surface area contributed by atoms with Gasteiger partial charge in [-0.05, 0) is 49.1 Å². The summed E-state index contributed by atoms with van der Waals surface area (Å²) in [6.45, 7) is 4.58. The lowest BCUT2D eigenvalue weighted by Crippen LogP contribution is -2.24. The quantitative estimate of drug-likeness (QED) is 0.856. The molecule has 0 radical (unpaired) electrons. The molecule has 2 aromatic carbocycles. The van der Waals surface area contributed by atoms with Crippen molar-refractivity contribution in [3.8, 4) is 0 Å². The summed E-state index contributed by atoms with van der Waals surface area (Å²) in [6, 6.07) is 19.6. The second-order valence-electron chi connectivity index (χ2n) is 5.74. The van der Waals surface area contributed by atoms with Crippen LogP contribution < -0.4 is 5.73 Å². The zero-order valence-electron chi connectivity index (χ0n) is 12.0. The van der Waals surface area contributed by atoms with Gasteiger partial charge in [0.25, 0.3) is 0 Å². The number of anilines is 1. The van der Waals surface area contributed by atoms with Crippen LogP contribution in [0.2, 0.25) is 0 Å².